The van der Waals surface area contributed by atoms with Gasteiger partial charge in [-0.3, -0.25) is 9.48 Å². The van der Waals surface area contributed by atoms with Crippen LogP contribution in [0, 0.1) is 0 Å². The summed E-state index contributed by atoms with van der Waals surface area (Å²) in [5.41, 5.74) is 1.23. The molecule has 0 spiro atoms. The first kappa shape index (κ1) is 13.6. The third-order valence-electron chi connectivity index (χ3n) is 2.81. The summed E-state index contributed by atoms with van der Waals surface area (Å²) in [7, 11) is 1.69. The molecule has 19 heavy (non-hydrogen) atoms. The molecule has 2 aromatic rings. The first-order valence-electron chi connectivity index (χ1n) is 5.77. The van der Waals surface area contributed by atoms with Crippen LogP contribution in [0.4, 0.5) is 0 Å². The van der Waals surface area contributed by atoms with Crippen LogP contribution in [0.3, 0.4) is 0 Å². The number of nitrogens with one attached hydrogen (secondary N) is 1. The molecule has 100 valence electrons. The standard InChI is InChI=1S/C13H14ClN3O2/c1-17-12(6-7-15-17)13(19)16-11(8-18)9-2-4-10(14)5-3-9/h2-7,11,18H,8H2,1H3,(H,16,19). The summed E-state index contributed by atoms with van der Waals surface area (Å²) in [5, 5.41) is 16.7. The van der Waals surface area contributed by atoms with Crippen molar-refractivity contribution in [3.8, 4) is 0 Å². The van der Waals surface area contributed by atoms with E-state index in [1.165, 1.54) is 4.68 Å². The number of aryl methyl sites for hydroxylation is 1. The Morgan fingerprint density at radius 1 is 1.42 bits per heavy atom. The molecular formula is C13H14ClN3O2. The lowest BCUT2D eigenvalue weighted by molar-refractivity contribution is 0.0906. The molecule has 0 aliphatic heterocycles. The highest BCUT2D eigenvalue weighted by Gasteiger charge is 2.16. The number of benzene rings is 1. The fourth-order valence-corrected chi connectivity index (χ4v) is 1.88. The molecule has 0 bridgehead atoms. The number of carbonyl (C=O) groups is 1. The van der Waals surface area contributed by atoms with Crippen LogP contribution >= 0.6 is 11.6 Å². The Labute approximate surface area is 115 Å². The van der Waals surface area contributed by atoms with Crippen molar-refractivity contribution < 1.29 is 9.90 Å². The molecule has 1 aromatic heterocycles. The fourth-order valence-electron chi connectivity index (χ4n) is 1.76. The van der Waals surface area contributed by atoms with Gasteiger partial charge < -0.3 is 10.4 Å². The Morgan fingerprint density at radius 3 is 2.63 bits per heavy atom. The first-order chi connectivity index (χ1) is 9.11. The molecule has 0 fully saturated rings. The Bertz CT molecular complexity index is 566. The van der Waals surface area contributed by atoms with Crippen molar-refractivity contribution in [1.82, 2.24) is 15.1 Å². The Morgan fingerprint density at radius 2 is 2.11 bits per heavy atom. The lowest BCUT2D eigenvalue weighted by Crippen LogP contribution is -2.32. The lowest BCUT2D eigenvalue weighted by Gasteiger charge is -2.16. The SMILES string of the molecule is Cn1nccc1C(=O)NC(CO)c1ccc(Cl)cc1. The third kappa shape index (κ3) is 3.13. The van der Waals surface area contributed by atoms with E-state index in [0.717, 1.165) is 5.56 Å². The molecule has 0 saturated heterocycles. The Hall–Kier alpha value is -1.85. The molecule has 6 heteroatoms. The van der Waals surface area contributed by atoms with Crippen LogP contribution in [-0.4, -0.2) is 27.4 Å². The summed E-state index contributed by atoms with van der Waals surface area (Å²) in [6.45, 7) is -0.189. The van der Waals surface area contributed by atoms with Gasteiger partial charge in [0.25, 0.3) is 5.91 Å². The van der Waals surface area contributed by atoms with E-state index in [-0.39, 0.29) is 12.5 Å². The van der Waals surface area contributed by atoms with Gasteiger partial charge in [0, 0.05) is 18.3 Å². The number of aliphatic hydroxyl groups is 1. The highest BCUT2D eigenvalue weighted by atomic mass is 35.5. The van der Waals surface area contributed by atoms with E-state index in [0.29, 0.717) is 10.7 Å². The lowest BCUT2D eigenvalue weighted by atomic mass is 10.1. The van der Waals surface area contributed by atoms with Gasteiger partial charge in [-0.05, 0) is 23.8 Å². The minimum atomic E-state index is -0.473. The Kier molecular flexibility index (Phi) is 4.19. The molecule has 0 aliphatic rings. The van der Waals surface area contributed by atoms with E-state index in [4.69, 9.17) is 11.6 Å². The summed E-state index contributed by atoms with van der Waals surface area (Å²) in [6.07, 6.45) is 1.55. The summed E-state index contributed by atoms with van der Waals surface area (Å²) in [5.74, 6) is -0.283. The predicted octanol–water partition coefficient (Wildman–Crippen LogP) is 1.54. The average Bonchev–Trinajstić information content (AvgIpc) is 2.83. The topological polar surface area (TPSA) is 67.2 Å². The van der Waals surface area contributed by atoms with Gasteiger partial charge >= 0.3 is 0 Å². The molecule has 2 rings (SSSR count). The van der Waals surface area contributed by atoms with Gasteiger partial charge in [-0.2, -0.15) is 5.10 Å². The second kappa shape index (κ2) is 5.86. The Balaban J connectivity index is 2.13. The van der Waals surface area contributed by atoms with Crippen LogP contribution in [-0.2, 0) is 7.05 Å². The van der Waals surface area contributed by atoms with Crippen molar-refractivity contribution >= 4 is 17.5 Å². The zero-order chi connectivity index (χ0) is 13.8. The number of hydrogen-bond donors (Lipinski definition) is 2. The maximum atomic E-state index is 12.0. The minimum absolute atomic E-state index is 0.189. The summed E-state index contributed by atoms with van der Waals surface area (Å²) in [6, 6.07) is 8.12. The smallest absolute Gasteiger partial charge is 0.270 e. The summed E-state index contributed by atoms with van der Waals surface area (Å²) >= 11 is 5.81. The highest BCUT2D eigenvalue weighted by molar-refractivity contribution is 6.30. The molecule has 1 aromatic carbocycles. The van der Waals surface area contributed by atoms with Crippen LogP contribution in [0.25, 0.3) is 0 Å². The predicted molar refractivity (Wildman–Crippen MR) is 72.0 cm³/mol. The molecule has 0 radical (unpaired) electrons. The zero-order valence-electron chi connectivity index (χ0n) is 10.4. The molecule has 0 aliphatic carbocycles. The van der Waals surface area contributed by atoms with Crippen LogP contribution < -0.4 is 5.32 Å². The van der Waals surface area contributed by atoms with Crippen LogP contribution in [0.2, 0.25) is 5.02 Å². The molecular weight excluding hydrogens is 266 g/mol. The van der Waals surface area contributed by atoms with E-state index in [1.54, 1.807) is 43.6 Å². The number of carbonyl (C=O) groups excluding carboxylic acids is 1. The van der Waals surface area contributed by atoms with E-state index >= 15 is 0 Å². The number of amides is 1. The number of rotatable bonds is 4. The van der Waals surface area contributed by atoms with Crippen molar-refractivity contribution in [3.05, 3.63) is 52.8 Å². The second-order valence-corrected chi connectivity index (χ2v) is 4.54. The molecule has 1 heterocycles. The van der Waals surface area contributed by atoms with E-state index < -0.39 is 6.04 Å². The van der Waals surface area contributed by atoms with Gasteiger partial charge in [-0.25, -0.2) is 0 Å². The molecule has 5 nitrogen and oxygen atoms in total. The van der Waals surface area contributed by atoms with Gasteiger partial charge in [0.15, 0.2) is 0 Å². The monoisotopic (exact) mass is 279 g/mol. The summed E-state index contributed by atoms with van der Waals surface area (Å²) in [4.78, 5) is 12.0. The number of aliphatic hydroxyl groups excluding tert-OH is 1. The number of nitrogens with zero attached hydrogens (tertiary/aromatic N) is 2. The van der Waals surface area contributed by atoms with Crippen molar-refractivity contribution in [2.24, 2.45) is 7.05 Å². The summed E-state index contributed by atoms with van der Waals surface area (Å²) < 4.78 is 1.48. The third-order valence-corrected chi connectivity index (χ3v) is 3.07. The minimum Gasteiger partial charge on any atom is -0.394 e. The molecule has 2 N–H and O–H groups in total. The highest BCUT2D eigenvalue weighted by Crippen LogP contribution is 2.16. The molecule has 0 saturated carbocycles. The van der Waals surface area contributed by atoms with Gasteiger partial charge in [0.1, 0.15) is 5.69 Å². The van der Waals surface area contributed by atoms with Gasteiger partial charge in [-0.1, -0.05) is 23.7 Å². The van der Waals surface area contributed by atoms with Crippen LogP contribution in [0.5, 0.6) is 0 Å². The average molecular weight is 280 g/mol. The quantitative estimate of drug-likeness (QED) is 0.892. The first-order valence-corrected chi connectivity index (χ1v) is 6.15. The molecule has 1 amide bonds. The van der Waals surface area contributed by atoms with Crippen molar-refractivity contribution in [2.45, 2.75) is 6.04 Å². The molecule has 1 atom stereocenters. The van der Waals surface area contributed by atoms with Crippen molar-refractivity contribution in [2.75, 3.05) is 6.61 Å². The van der Waals surface area contributed by atoms with E-state index in [2.05, 4.69) is 10.4 Å². The zero-order valence-corrected chi connectivity index (χ0v) is 11.1. The van der Waals surface area contributed by atoms with E-state index in [9.17, 15) is 9.90 Å². The maximum absolute atomic E-state index is 12.0. The van der Waals surface area contributed by atoms with Crippen molar-refractivity contribution in [1.29, 1.82) is 0 Å². The van der Waals surface area contributed by atoms with Gasteiger partial charge in [0.2, 0.25) is 0 Å². The normalized spacial score (nSPS) is 12.2. The number of hydrogen-bond acceptors (Lipinski definition) is 3. The largest absolute Gasteiger partial charge is 0.394 e. The van der Waals surface area contributed by atoms with Crippen molar-refractivity contribution in [3.63, 3.8) is 0 Å². The fraction of sp³-hybridized carbons (Fsp3) is 0.231. The van der Waals surface area contributed by atoms with Crippen LogP contribution in [0.15, 0.2) is 36.5 Å². The van der Waals surface area contributed by atoms with Crippen LogP contribution in [0.1, 0.15) is 22.1 Å². The number of aromatic nitrogens is 2. The maximum Gasteiger partial charge on any atom is 0.270 e. The van der Waals surface area contributed by atoms with Gasteiger partial charge in [-0.15, -0.1) is 0 Å². The number of halogens is 1. The van der Waals surface area contributed by atoms with E-state index in [1.807, 2.05) is 0 Å². The van der Waals surface area contributed by atoms with Gasteiger partial charge in [0.05, 0.1) is 12.6 Å². The second-order valence-electron chi connectivity index (χ2n) is 4.10. The molecule has 1 unspecified atom stereocenters.